The van der Waals surface area contributed by atoms with Gasteiger partial charge in [-0.2, -0.15) is 0 Å². The van der Waals surface area contributed by atoms with Crippen LogP contribution in [0.5, 0.6) is 5.75 Å². The Morgan fingerprint density at radius 1 is 1.14 bits per heavy atom. The fraction of sp³-hybridized carbons (Fsp3) is 0.304. The van der Waals surface area contributed by atoms with Crippen LogP contribution in [0.3, 0.4) is 0 Å². The van der Waals surface area contributed by atoms with Gasteiger partial charge in [-0.25, -0.2) is 0 Å². The Morgan fingerprint density at radius 2 is 1.86 bits per heavy atom. The van der Waals surface area contributed by atoms with Crippen molar-refractivity contribution in [1.29, 1.82) is 0 Å². The average molecular weight is 392 g/mol. The van der Waals surface area contributed by atoms with E-state index in [0.717, 1.165) is 29.5 Å². The van der Waals surface area contributed by atoms with Crippen LogP contribution in [0.15, 0.2) is 59.4 Å². The lowest BCUT2D eigenvalue weighted by atomic mass is 9.74. The van der Waals surface area contributed by atoms with Gasteiger partial charge in [0.15, 0.2) is 0 Å². The van der Waals surface area contributed by atoms with E-state index in [1.54, 1.807) is 13.2 Å². The molecule has 0 unspecified atom stereocenters. The molecule has 150 valence electrons. The number of amides is 1. The maximum Gasteiger partial charge on any atom is 0.252 e. The molecular formula is C23H24N2O4. The van der Waals surface area contributed by atoms with E-state index in [1.807, 2.05) is 30.3 Å². The van der Waals surface area contributed by atoms with Gasteiger partial charge in [-0.15, -0.1) is 0 Å². The van der Waals surface area contributed by atoms with Gasteiger partial charge < -0.3 is 19.8 Å². The lowest BCUT2D eigenvalue weighted by molar-refractivity contribution is 0.0487. The predicted octanol–water partition coefficient (Wildman–Crippen LogP) is 3.01. The zero-order valence-corrected chi connectivity index (χ0v) is 16.4. The number of hydrogen-bond donors (Lipinski definition) is 2. The third-order valence-corrected chi connectivity index (χ3v) is 5.73. The number of para-hydroxylation sites is 1. The molecule has 0 spiro atoms. The highest BCUT2D eigenvalue weighted by Crippen LogP contribution is 2.35. The predicted molar refractivity (Wildman–Crippen MR) is 112 cm³/mol. The SMILES string of the molecule is COc1ccc(C2(CNC(=O)c3cc(=O)[nH]c4ccccc34)CCOCC2)cc1. The van der Waals surface area contributed by atoms with Gasteiger partial charge in [0.25, 0.3) is 5.91 Å². The van der Waals surface area contributed by atoms with Crippen LogP contribution in [-0.2, 0) is 10.2 Å². The van der Waals surface area contributed by atoms with Crippen LogP contribution >= 0.6 is 0 Å². The van der Waals surface area contributed by atoms with Crippen LogP contribution < -0.4 is 15.6 Å². The first-order valence-corrected chi connectivity index (χ1v) is 9.74. The lowest BCUT2D eigenvalue weighted by Crippen LogP contribution is -2.44. The second-order valence-electron chi connectivity index (χ2n) is 7.40. The zero-order valence-electron chi connectivity index (χ0n) is 16.4. The van der Waals surface area contributed by atoms with E-state index >= 15 is 0 Å². The molecule has 3 aromatic rings. The highest BCUT2D eigenvalue weighted by Gasteiger charge is 2.35. The zero-order chi connectivity index (χ0) is 20.3. The molecule has 29 heavy (non-hydrogen) atoms. The number of H-pyrrole nitrogens is 1. The Hall–Kier alpha value is -3.12. The number of nitrogens with one attached hydrogen (secondary N) is 2. The van der Waals surface area contributed by atoms with E-state index in [2.05, 4.69) is 22.4 Å². The highest BCUT2D eigenvalue weighted by molar-refractivity contribution is 6.05. The first-order valence-electron chi connectivity index (χ1n) is 9.74. The number of aromatic amines is 1. The van der Waals surface area contributed by atoms with Crippen LogP contribution in [0.4, 0.5) is 0 Å². The first kappa shape index (κ1) is 19.2. The van der Waals surface area contributed by atoms with E-state index in [0.29, 0.717) is 30.8 Å². The van der Waals surface area contributed by atoms with Crippen molar-refractivity contribution in [2.24, 2.45) is 0 Å². The first-order chi connectivity index (χ1) is 14.1. The molecule has 4 rings (SSSR count). The molecule has 0 radical (unpaired) electrons. The minimum Gasteiger partial charge on any atom is -0.497 e. The molecule has 0 atom stereocenters. The number of pyridine rings is 1. The van der Waals surface area contributed by atoms with Crippen molar-refractivity contribution in [3.05, 3.63) is 76.1 Å². The molecule has 2 N–H and O–H groups in total. The largest absolute Gasteiger partial charge is 0.497 e. The Balaban J connectivity index is 1.61. The van der Waals surface area contributed by atoms with E-state index in [4.69, 9.17) is 9.47 Å². The van der Waals surface area contributed by atoms with Gasteiger partial charge in [0.1, 0.15) is 5.75 Å². The summed E-state index contributed by atoms with van der Waals surface area (Å²) in [5.41, 5.74) is 1.70. The number of carbonyl (C=O) groups is 1. The van der Waals surface area contributed by atoms with Crippen molar-refractivity contribution < 1.29 is 14.3 Å². The summed E-state index contributed by atoms with van der Waals surface area (Å²) in [6, 6.07) is 16.7. The van der Waals surface area contributed by atoms with Crippen molar-refractivity contribution in [3.63, 3.8) is 0 Å². The monoisotopic (exact) mass is 392 g/mol. The van der Waals surface area contributed by atoms with Gasteiger partial charge in [0, 0.05) is 42.1 Å². The maximum absolute atomic E-state index is 13.0. The van der Waals surface area contributed by atoms with Crippen LogP contribution in [0.1, 0.15) is 28.8 Å². The van der Waals surface area contributed by atoms with Crippen LogP contribution in [0.2, 0.25) is 0 Å². The summed E-state index contributed by atoms with van der Waals surface area (Å²) in [6.07, 6.45) is 1.63. The van der Waals surface area contributed by atoms with Crippen LogP contribution in [-0.4, -0.2) is 37.8 Å². The molecule has 6 heteroatoms. The van der Waals surface area contributed by atoms with Gasteiger partial charge in [-0.1, -0.05) is 30.3 Å². The highest BCUT2D eigenvalue weighted by atomic mass is 16.5. The molecular weight excluding hydrogens is 368 g/mol. The molecule has 0 bridgehead atoms. The number of rotatable bonds is 5. The third-order valence-electron chi connectivity index (χ3n) is 5.73. The second-order valence-corrected chi connectivity index (χ2v) is 7.40. The topological polar surface area (TPSA) is 80.4 Å². The van der Waals surface area contributed by atoms with Gasteiger partial charge >= 0.3 is 0 Å². The fourth-order valence-corrected chi connectivity index (χ4v) is 4.01. The Kier molecular flexibility index (Phi) is 5.36. The summed E-state index contributed by atoms with van der Waals surface area (Å²) >= 11 is 0. The fourth-order valence-electron chi connectivity index (χ4n) is 4.01. The summed E-state index contributed by atoms with van der Waals surface area (Å²) < 4.78 is 10.8. The van der Waals surface area contributed by atoms with E-state index in [1.165, 1.54) is 6.07 Å². The third kappa shape index (κ3) is 3.89. The molecule has 1 aliphatic heterocycles. The van der Waals surface area contributed by atoms with Gasteiger partial charge in [-0.05, 0) is 36.6 Å². The number of methoxy groups -OCH3 is 1. The molecule has 6 nitrogen and oxygen atoms in total. The quantitative estimate of drug-likeness (QED) is 0.700. The Morgan fingerprint density at radius 3 is 2.59 bits per heavy atom. The summed E-state index contributed by atoms with van der Waals surface area (Å²) in [5, 5.41) is 3.81. The minimum atomic E-state index is -0.287. The minimum absolute atomic E-state index is 0.211. The summed E-state index contributed by atoms with van der Waals surface area (Å²) in [4.78, 5) is 27.8. The number of ether oxygens (including phenoxy) is 2. The molecule has 0 saturated carbocycles. The summed E-state index contributed by atoms with van der Waals surface area (Å²) in [6.45, 7) is 1.77. The number of carbonyl (C=O) groups excluding carboxylic acids is 1. The molecule has 1 aromatic heterocycles. The van der Waals surface area contributed by atoms with E-state index < -0.39 is 0 Å². The maximum atomic E-state index is 13.0. The van der Waals surface area contributed by atoms with E-state index in [9.17, 15) is 9.59 Å². The number of hydrogen-bond acceptors (Lipinski definition) is 4. The molecule has 1 amide bonds. The average Bonchev–Trinajstić information content (AvgIpc) is 2.77. The van der Waals surface area contributed by atoms with Gasteiger partial charge in [-0.3, -0.25) is 9.59 Å². The van der Waals surface area contributed by atoms with E-state index in [-0.39, 0.29) is 16.9 Å². The van der Waals surface area contributed by atoms with Crippen molar-refractivity contribution in [1.82, 2.24) is 10.3 Å². The Labute approximate surface area is 168 Å². The molecule has 2 heterocycles. The van der Waals surface area contributed by atoms with Crippen molar-refractivity contribution in [2.45, 2.75) is 18.3 Å². The summed E-state index contributed by atoms with van der Waals surface area (Å²) in [5.74, 6) is 0.557. The molecule has 1 fully saturated rings. The molecule has 0 aliphatic carbocycles. The summed E-state index contributed by atoms with van der Waals surface area (Å²) in [7, 11) is 1.64. The van der Waals surface area contributed by atoms with Gasteiger partial charge in [0.2, 0.25) is 5.56 Å². The molecule has 1 saturated heterocycles. The number of benzene rings is 2. The standard InChI is InChI=1S/C23H24N2O4/c1-28-17-8-6-16(7-9-17)23(10-12-29-13-11-23)15-24-22(27)19-14-21(26)25-20-5-3-2-4-18(19)20/h2-9,14H,10-13,15H2,1H3,(H,24,27)(H,25,26). The van der Waals surface area contributed by atoms with Gasteiger partial charge in [0.05, 0.1) is 12.7 Å². The second kappa shape index (κ2) is 8.09. The van der Waals surface area contributed by atoms with Crippen molar-refractivity contribution >= 4 is 16.8 Å². The molecule has 2 aromatic carbocycles. The smallest absolute Gasteiger partial charge is 0.252 e. The Bertz CT molecular complexity index is 1070. The normalized spacial score (nSPS) is 15.8. The van der Waals surface area contributed by atoms with Crippen molar-refractivity contribution in [3.8, 4) is 5.75 Å². The van der Waals surface area contributed by atoms with Crippen molar-refractivity contribution in [2.75, 3.05) is 26.9 Å². The number of fused-ring (bicyclic) bond motifs is 1. The number of aromatic nitrogens is 1. The lowest BCUT2D eigenvalue weighted by Gasteiger charge is -2.38. The van der Waals surface area contributed by atoms with Crippen LogP contribution in [0, 0.1) is 0 Å². The molecule has 1 aliphatic rings. The van der Waals surface area contributed by atoms with Crippen LogP contribution in [0.25, 0.3) is 10.9 Å².